The van der Waals surface area contributed by atoms with Crippen molar-refractivity contribution in [3.8, 4) is 0 Å². The first kappa shape index (κ1) is 6.13. The van der Waals surface area contributed by atoms with Gasteiger partial charge in [-0.1, -0.05) is 0 Å². The number of hydrogen-bond donors (Lipinski definition) is 1. The molecule has 3 aliphatic carbocycles. The minimum Gasteiger partial charge on any atom is -0.479 e. The molecule has 3 saturated carbocycles. The molecule has 0 spiro atoms. The fraction of sp³-hybridized carbons (Fsp3) is 0.857. The van der Waals surface area contributed by atoms with E-state index in [0.29, 0.717) is 5.92 Å². The molecule has 2 bridgehead atoms. The molecule has 10 heavy (non-hydrogen) atoms. The highest BCUT2D eigenvalue weighted by atomic mass is 19.1. The summed E-state index contributed by atoms with van der Waals surface area (Å²) in [6, 6.07) is 0. The summed E-state index contributed by atoms with van der Waals surface area (Å²) < 4.78 is 12.8. The molecule has 56 valence electrons. The standard InChI is InChI=1S/C7H9FO2/c8-5(6(9)10)7-1-4(2-7)3-7/h4-5H,1-3H2,(H,9,10). The molecule has 0 saturated heterocycles. The second-order valence-corrected chi connectivity index (χ2v) is 3.54. The molecule has 1 N–H and O–H groups in total. The van der Waals surface area contributed by atoms with E-state index in [9.17, 15) is 9.18 Å². The summed E-state index contributed by atoms with van der Waals surface area (Å²) in [5.41, 5.74) is -0.420. The minimum atomic E-state index is -1.60. The van der Waals surface area contributed by atoms with Crippen LogP contribution in [0.3, 0.4) is 0 Å². The van der Waals surface area contributed by atoms with Crippen molar-refractivity contribution < 1.29 is 14.3 Å². The van der Waals surface area contributed by atoms with Gasteiger partial charge in [0, 0.05) is 5.41 Å². The van der Waals surface area contributed by atoms with Crippen LogP contribution in [0.5, 0.6) is 0 Å². The van der Waals surface area contributed by atoms with Crippen LogP contribution in [0.2, 0.25) is 0 Å². The number of halogens is 1. The normalized spacial score (nSPS) is 45.1. The average molecular weight is 144 g/mol. The Morgan fingerprint density at radius 1 is 1.60 bits per heavy atom. The first-order chi connectivity index (χ1) is 4.64. The molecule has 1 unspecified atom stereocenters. The molecule has 3 heteroatoms. The number of carboxylic acids is 1. The molecule has 0 aromatic heterocycles. The first-order valence-corrected chi connectivity index (χ1v) is 3.51. The van der Waals surface area contributed by atoms with Crippen molar-refractivity contribution in [1.82, 2.24) is 0 Å². The molecule has 0 aliphatic heterocycles. The van der Waals surface area contributed by atoms with Gasteiger partial charge in [0.2, 0.25) is 6.17 Å². The molecule has 0 heterocycles. The van der Waals surface area contributed by atoms with E-state index in [2.05, 4.69) is 0 Å². The van der Waals surface area contributed by atoms with Crippen molar-refractivity contribution in [3.05, 3.63) is 0 Å². The summed E-state index contributed by atoms with van der Waals surface area (Å²) >= 11 is 0. The summed E-state index contributed by atoms with van der Waals surface area (Å²) in [7, 11) is 0. The number of aliphatic carboxylic acids is 1. The summed E-state index contributed by atoms with van der Waals surface area (Å²) in [6.07, 6.45) is 0.819. The summed E-state index contributed by atoms with van der Waals surface area (Å²) in [6.45, 7) is 0. The lowest BCUT2D eigenvalue weighted by Crippen LogP contribution is -2.59. The summed E-state index contributed by atoms with van der Waals surface area (Å²) in [4.78, 5) is 10.2. The molecule has 3 fully saturated rings. The van der Waals surface area contributed by atoms with Crippen LogP contribution in [0.25, 0.3) is 0 Å². The van der Waals surface area contributed by atoms with Crippen LogP contribution in [0.1, 0.15) is 19.3 Å². The molecule has 3 aliphatic rings. The van der Waals surface area contributed by atoms with Gasteiger partial charge in [-0.2, -0.15) is 0 Å². The predicted molar refractivity (Wildman–Crippen MR) is 32.3 cm³/mol. The molecule has 1 atom stereocenters. The van der Waals surface area contributed by atoms with Crippen LogP contribution >= 0.6 is 0 Å². The third-order valence-corrected chi connectivity index (χ3v) is 2.84. The van der Waals surface area contributed by atoms with E-state index in [1.54, 1.807) is 0 Å². The zero-order valence-corrected chi connectivity index (χ0v) is 5.51. The maximum atomic E-state index is 12.8. The number of carboxylic acid groups (broad SMARTS) is 1. The zero-order chi connectivity index (χ0) is 7.35. The third kappa shape index (κ3) is 0.509. The summed E-state index contributed by atoms with van der Waals surface area (Å²) in [5, 5.41) is 8.33. The SMILES string of the molecule is O=C(O)C(F)C12CC(C1)C2. The van der Waals surface area contributed by atoms with Gasteiger partial charge in [-0.25, -0.2) is 9.18 Å². The average Bonchev–Trinajstić information content (AvgIpc) is 1.56. The van der Waals surface area contributed by atoms with E-state index in [4.69, 9.17) is 5.11 Å². The maximum absolute atomic E-state index is 12.8. The van der Waals surface area contributed by atoms with E-state index in [1.807, 2.05) is 0 Å². The molecule has 0 aromatic rings. The number of hydrogen-bond acceptors (Lipinski definition) is 1. The van der Waals surface area contributed by atoms with Crippen LogP contribution in [-0.4, -0.2) is 17.2 Å². The van der Waals surface area contributed by atoms with Gasteiger partial charge in [0.25, 0.3) is 0 Å². The Bertz CT molecular complexity index is 173. The van der Waals surface area contributed by atoms with Gasteiger partial charge in [0.05, 0.1) is 0 Å². The van der Waals surface area contributed by atoms with Crippen molar-refractivity contribution in [2.75, 3.05) is 0 Å². The number of carbonyl (C=O) groups is 1. The van der Waals surface area contributed by atoms with Crippen molar-refractivity contribution in [2.24, 2.45) is 11.3 Å². The second kappa shape index (κ2) is 1.52. The third-order valence-electron chi connectivity index (χ3n) is 2.84. The monoisotopic (exact) mass is 144 g/mol. The molecule has 0 radical (unpaired) electrons. The van der Waals surface area contributed by atoms with E-state index in [-0.39, 0.29) is 0 Å². The number of alkyl halides is 1. The van der Waals surface area contributed by atoms with E-state index in [1.165, 1.54) is 0 Å². The Morgan fingerprint density at radius 3 is 2.20 bits per heavy atom. The fourth-order valence-electron chi connectivity index (χ4n) is 2.12. The van der Waals surface area contributed by atoms with Gasteiger partial charge in [-0.15, -0.1) is 0 Å². The smallest absolute Gasteiger partial charge is 0.338 e. The van der Waals surface area contributed by atoms with Crippen LogP contribution in [0.15, 0.2) is 0 Å². The van der Waals surface area contributed by atoms with E-state index >= 15 is 0 Å². The Balaban J connectivity index is 2.04. The lowest BCUT2D eigenvalue weighted by atomic mass is 9.43. The largest absolute Gasteiger partial charge is 0.479 e. The molecular weight excluding hydrogens is 135 g/mol. The summed E-state index contributed by atoms with van der Waals surface area (Å²) in [5.74, 6) is -0.629. The molecular formula is C7H9FO2. The van der Waals surface area contributed by atoms with Crippen molar-refractivity contribution >= 4 is 5.97 Å². The molecule has 0 aromatic carbocycles. The van der Waals surface area contributed by atoms with Crippen LogP contribution in [0.4, 0.5) is 4.39 Å². The van der Waals surface area contributed by atoms with Gasteiger partial charge in [-0.05, 0) is 25.2 Å². The Morgan fingerprint density at radius 2 is 2.10 bits per heavy atom. The van der Waals surface area contributed by atoms with Crippen molar-refractivity contribution in [2.45, 2.75) is 25.4 Å². The van der Waals surface area contributed by atoms with Crippen molar-refractivity contribution in [1.29, 1.82) is 0 Å². The van der Waals surface area contributed by atoms with E-state index < -0.39 is 17.6 Å². The topological polar surface area (TPSA) is 37.3 Å². The van der Waals surface area contributed by atoms with Gasteiger partial charge in [0.1, 0.15) is 0 Å². The quantitative estimate of drug-likeness (QED) is 0.632. The molecule has 0 amide bonds. The Hall–Kier alpha value is -0.600. The highest BCUT2D eigenvalue weighted by Gasteiger charge is 2.63. The molecule has 2 nitrogen and oxygen atoms in total. The highest BCUT2D eigenvalue weighted by Crippen LogP contribution is 2.66. The van der Waals surface area contributed by atoms with Gasteiger partial charge < -0.3 is 5.11 Å². The lowest BCUT2D eigenvalue weighted by molar-refractivity contribution is -0.185. The van der Waals surface area contributed by atoms with Gasteiger partial charge >= 0.3 is 5.97 Å². The van der Waals surface area contributed by atoms with Gasteiger partial charge in [-0.3, -0.25) is 0 Å². The fourth-order valence-corrected chi connectivity index (χ4v) is 2.12. The van der Waals surface area contributed by atoms with Crippen LogP contribution in [-0.2, 0) is 4.79 Å². The Kier molecular flexibility index (Phi) is 0.932. The molecule has 3 rings (SSSR count). The van der Waals surface area contributed by atoms with Crippen LogP contribution < -0.4 is 0 Å². The minimum absolute atomic E-state index is 0.420. The predicted octanol–water partition coefficient (Wildman–Crippen LogP) is 1.21. The Labute approximate surface area is 58.0 Å². The van der Waals surface area contributed by atoms with Crippen molar-refractivity contribution in [3.63, 3.8) is 0 Å². The van der Waals surface area contributed by atoms with E-state index in [0.717, 1.165) is 19.3 Å². The van der Waals surface area contributed by atoms with Crippen LogP contribution in [0, 0.1) is 11.3 Å². The second-order valence-electron chi connectivity index (χ2n) is 3.54. The maximum Gasteiger partial charge on any atom is 0.338 e. The number of rotatable bonds is 2. The van der Waals surface area contributed by atoms with Gasteiger partial charge in [0.15, 0.2) is 0 Å². The zero-order valence-electron chi connectivity index (χ0n) is 5.51. The lowest BCUT2D eigenvalue weighted by Gasteiger charge is -2.62. The first-order valence-electron chi connectivity index (χ1n) is 3.51. The highest BCUT2D eigenvalue weighted by molar-refractivity contribution is 5.74.